The molecule has 0 aromatic heterocycles. The van der Waals surface area contributed by atoms with E-state index in [1.807, 2.05) is 6.92 Å². The van der Waals surface area contributed by atoms with Gasteiger partial charge in [0.1, 0.15) is 6.10 Å². The van der Waals surface area contributed by atoms with Crippen molar-refractivity contribution in [3.63, 3.8) is 0 Å². The van der Waals surface area contributed by atoms with E-state index in [0.717, 1.165) is 44.9 Å². The molecule has 210 valence electrons. The fourth-order valence-electron chi connectivity index (χ4n) is 11.1. The Balaban J connectivity index is 1.65. The molecule has 0 bridgehead atoms. The van der Waals surface area contributed by atoms with Gasteiger partial charge in [-0.2, -0.15) is 0 Å². The lowest BCUT2D eigenvalue weighted by molar-refractivity contribution is -0.287. The van der Waals surface area contributed by atoms with Gasteiger partial charge in [0.25, 0.3) is 0 Å². The highest BCUT2D eigenvalue weighted by Gasteiger charge is 2.73. The molecule has 0 spiro atoms. The maximum atomic E-state index is 13.4. The molecule has 0 aromatic carbocycles. The number of fused-ring (bicyclic) bond motifs is 7. The molecule has 0 heterocycles. The molecule has 5 aliphatic rings. The first-order valence-electron chi connectivity index (χ1n) is 14.6. The summed E-state index contributed by atoms with van der Waals surface area (Å²) in [6.07, 6.45) is 4.98. The summed E-state index contributed by atoms with van der Waals surface area (Å²) in [5, 5.41) is 44.1. The summed E-state index contributed by atoms with van der Waals surface area (Å²) >= 11 is 0. The number of carbonyl (C=O) groups excluding carboxylic acids is 1. The van der Waals surface area contributed by atoms with E-state index < -0.39 is 34.6 Å². The maximum absolute atomic E-state index is 13.4. The second-order valence-corrected chi connectivity index (χ2v) is 14.7. The van der Waals surface area contributed by atoms with Crippen molar-refractivity contribution >= 4 is 5.97 Å². The van der Waals surface area contributed by atoms with E-state index in [4.69, 9.17) is 4.74 Å². The second-order valence-electron chi connectivity index (χ2n) is 14.7. The summed E-state index contributed by atoms with van der Waals surface area (Å²) in [6, 6.07) is 0. The largest absolute Gasteiger partial charge is 0.469 e. The number of ether oxygens (including phenoxy) is 1. The Morgan fingerprint density at radius 2 is 1.65 bits per heavy atom. The number of aliphatic hydroxyl groups is 4. The number of methoxy groups -OCH3 is 1. The van der Waals surface area contributed by atoms with Gasteiger partial charge in [0.15, 0.2) is 0 Å². The Kier molecular flexibility index (Phi) is 6.36. The molecule has 0 radical (unpaired) electrons. The Morgan fingerprint density at radius 3 is 2.27 bits per heavy atom. The smallest absolute Gasteiger partial charge is 0.312 e. The molecule has 0 aromatic rings. The molecule has 6 nitrogen and oxygen atoms in total. The fourth-order valence-corrected chi connectivity index (χ4v) is 11.1. The van der Waals surface area contributed by atoms with E-state index in [-0.39, 0.29) is 41.2 Å². The van der Waals surface area contributed by atoms with Gasteiger partial charge in [-0.1, -0.05) is 53.2 Å². The van der Waals surface area contributed by atoms with Crippen molar-refractivity contribution in [3.05, 3.63) is 11.6 Å². The van der Waals surface area contributed by atoms with Gasteiger partial charge in [0.05, 0.1) is 31.3 Å². The minimum Gasteiger partial charge on any atom is -0.469 e. The summed E-state index contributed by atoms with van der Waals surface area (Å²) in [5.74, 6) is 0.976. The summed E-state index contributed by atoms with van der Waals surface area (Å²) in [6.45, 7) is 13.2. The van der Waals surface area contributed by atoms with Crippen molar-refractivity contribution in [2.45, 2.75) is 105 Å². The zero-order chi connectivity index (χ0) is 27.3. The average molecular weight is 519 g/mol. The van der Waals surface area contributed by atoms with E-state index in [9.17, 15) is 25.2 Å². The van der Waals surface area contributed by atoms with E-state index in [0.29, 0.717) is 11.8 Å². The number of esters is 1. The third-order valence-electron chi connectivity index (χ3n) is 13.9. The quantitative estimate of drug-likeness (QED) is 0.324. The van der Waals surface area contributed by atoms with Crippen LogP contribution in [0.1, 0.15) is 86.5 Å². The van der Waals surface area contributed by atoms with Crippen LogP contribution in [-0.2, 0) is 9.53 Å². The zero-order valence-electron chi connectivity index (χ0n) is 24.0. The highest BCUT2D eigenvalue weighted by molar-refractivity contribution is 5.78. The van der Waals surface area contributed by atoms with Crippen LogP contribution in [0.5, 0.6) is 0 Å². The molecule has 4 N–H and O–H groups in total. The van der Waals surface area contributed by atoms with Crippen LogP contribution >= 0.6 is 0 Å². The SMILES string of the molecule is COC(=O)[C@]12CC[C@@H](C)[C@H](C)[C@H]1C1=CC[C@@H]3[C@@]4(C)[C@H](O)[C@@H](O)[C@H](O)[C@@](C)(CO)[C@@H]4CC[C@@]3(C)[C@]1(C)CC2. The molecule has 37 heavy (non-hydrogen) atoms. The van der Waals surface area contributed by atoms with Crippen molar-refractivity contribution in [1.29, 1.82) is 0 Å². The first-order valence-corrected chi connectivity index (χ1v) is 14.6. The topological polar surface area (TPSA) is 107 Å². The van der Waals surface area contributed by atoms with Crippen molar-refractivity contribution in [2.75, 3.05) is 13.7 Å². The third-order valence-corrected chi connectivity index (χ3v) is 13.9. The predicted molar refractivity (Wildman–Crippen MR) is 141 cm³/mol. The molecule has 13 atom stereocenters. The fraction of sp³-hybridized carbons (Fsp3) is 0.903. The number of carbonyl (C=O) groups is 1. The molecule has 0 aliphatic heterocycles. The van der Waals surface area contributed by atoms with Crippen molar-refractivity contribution in [2.24, 2.45) is 56.7 Å². The normalized spacial score (nSPS) is 57.2. The predicted octanol–water partition coefficient (Wildman–Crippen LogP) is 4.09. The highest BCUT2D eigenvalue weighted by Crippen LogP contribution is 2.75. The van der Waals surface area contributed by atoms with Gasteiger partial charge >= 0.3 is 5.97 Å². The van der Waals surface area contributed by atoms with E-state index in [1.54, 1.807) is 0 Å². The Hall–Kier alpha value is -0.950. The maximum Gasteiger partial charge on any atom is 0.312 e. The van der Waals surface area contributed by atoms with Gasteiger partial charge in [-0.15, -0.1) is 0 Å². The Labute approximate surface area is 222 Å². The summed E-state index contributed by atoms with van der Waals surface area (Å²) in [4.78, 5) is 13.4. The van der Waals surface area contributed by atoms with E-state index in [2.05, 4.69) is 40.7 Å². The molecule has 4 fully saturated rings. The monoisotopic (exact) mass is 518 g/mol. The van der Waals surface area contributed by atoms with Gasteiger partial charge in [-0.3, -0.25) is 4.79 Å². The molecule has 5 aliphatic carbocycles. The molecule has 0 saturated heterocycles. The lowest BCUT2D eigenvalue weighted by Crippen LogP contribution is -2.73. The first kappa shape index (κ1) is 27.6. The number of aliphatic hydroxyl groups excluding tert-OH is 4. The summed E-state index contributed by atoms with van der Waals surface area (Å²) in [5.41, 5.74) is -0.871. The Bertz CT molecular complexity index is 979. The Morgan fingerprint density at radius 1 is 0.973 bits per heavy atom. The van der Waals surface area contributed by atoms with Crippen molar-refractivity contribution in [3.8, 4) is 0 Å². The standard InChI is InChI=1S/C31H50O6/c1-17-10-13-31(26(36)37-7)15-14-28(4)19(22(31)18(17)2)8-9-21-29(28,5)12-11-20-27(3,16-32)24(34)23(33)25(35)30(20,21)6/h8,17-18,20-25,32-35H,9-16H2,1-7H3/t17-,18+,20+,21+,22+,23+,24+,25-,27+,28-,29-,30+,31+/m1/s1. The van der Waals surface area contributed by atoms with Crippen LogP contribution in [0.25, 0.3) is 0 Å². The van der Waals surface area contributed by atoms with Crippen LogP contribution < -0.4 is 0 Å². The number of hydrogen-bond acceptors (Lipinski definition) is 6. The van der Waals surface area contributed by atoms with Crippen LogP contribution in [-0.4, -0.2) is 58.4 Å². The number of rotatable bonds is 2. The van der Waals surface area contributed by atoms with E-state index >= 15 is 0 Å². The van der Waals surface area contributed by atoms with Crippen LogP contribution in [0.15, 0.2) is 11.6 Å². The van der Waals surface area contributed by atoms with Crippen LogP contribution in [0.4, 0.5) is 0 Å². The van der Waals surface area contributed by atoms with E-state index in [1.165, 1.54) is 12.7 Å². The summed E-state index contributed by atoms with van der Waals surface area (Å²) < 4.78 is 5.46. The van der Waals surface area contributed by atoms with Crippen LogP contribution in [0, 0.1) is 56.7 Å². The van der Waals surface area contributed by atoms with Gasteiger partial charge in [0.2, 0.25) is 0 Å². The molecule has 4 saturated carbocycles. The van der Waals surface area contributed by atoms with Gasteiger partial charge < -0.3 is 25.2 Å². The molecular weight excluding hydrogens is 468 g/mol. The first-order chi connectivity index (χ1) is 17.2. The lowest BCUT2D eigenvalue weighted by Gasteiger charge is -2.72. The number of allylic oxidation sites excluding steroid dienone is 2. The third kappa shape index (κ3) is 3.10. The average Bonchev–Trinajstić information content (AvgIpc) is 2.88. The lowest BCUT2D eigenvalue weighted by atomic mass is 9.32. The second kappa shape index (κ2) is 8.52. The highest BCUT2D eigenvalue weighted by atomic mass is 16.5. The van der Waals surface area contributed by atoms with Gasteiger partial charge in [0, 0.05) is 10.8 Å². The summed E-state index contributed by atoms with van der Waals surface area (Å²) in [7, 11) is 1.53. The molecule has 0 unspecified atom stereocenters. The molecular formula is C31H50O6. The molecule has 6 heteroatoms. The van der Waals surface area contributed by atoms with Gasteiger partial charge in [-0.05, 0) is 85.4 Å². The van der Waals surface area contributed by atoms with Crippen molar-refractivity contribution < 1.29 is 30.0 Å². The minimum absolute atomic E-state index is 0.0549. The zero-order valence-corrected chi connectivity index (χ0v) is 24.0. The van der Waals surface area contributed by atoms with Crippen LogP contribution in [0.2, 0.25) is 0 Å². The van der Waals surface area contributed by atoms with Crippen LogP contribution in [0.3, 0.4) is 0 Å². The molecule has 5 rings (SSSR count). The number of hydrogen-bond donors (Lipinski definition) is 4. The van der Waals surface area contributed by atoms with Crippen molar-refractivity contribution in [1.82, 2.24) is 0 Å². The minimum atomic E-state index is -1.29. The van der Waals surface area contributed by atoms with Gasteiger partial charge in [-0.25, -0.2) is 0 Å². The molecule has 0 amide bonds.